The molecule has 1 heterocycles. The molecule has 86 valence electrons. The van der Waals surface area contributed by atoms with E-state index in [0.29, 0.717) is 0 Å². The van der Waals surface area contributed by atoms with Crippen LogP contribution >= 0.6 is 0 Å². The Morgan fingerprint density at radius 1 is 1.20 bits per heavy atom. The van der Waals surface area contributed by atoms with E-state index < -0.39 is 0 Å². The third-order valence-corrected chi connectivity index (χ3v) is 4.28. The molecule has 0 spiro atoms. The van der Waals surface area contributed by atoms with Gasteiger partial charge in [-0.15, -0.1) is 0 Å². The molecule has 0 aromatic carbocycles. The summed E-state index contributed by atoms with van der Waals surface area (Å²) in [4.78, 5) is 2.57. The molecule has 0 aromatic rings. The van der Waals surface area contributed by atoms with Crippen molar-refractivity contribution in [2.75, 3.05) is 13.1 Å². The van der Waals surface area contributed by atoms with E-state index in [9.17, 15) is 0 Å². The highest BCUT2D eigenvalue weighted by Crippen LogP contribution is 2.37. The van der Waals surface area contributed by atoms with Gasteiger partial charge < -0.3 is 4.90 Å². The van der Waals surface area contributed by atoms with Crippen molar-refractivity contribution < 1.29 is 0 Å². The summed E-state index contributed by atoms with van der Waals surface area (Å²) in [6.07, 6.45) is 9.78. The van der Waals surface area contributed by atoms with Gasteiger partial charge in [0, 0.05) is 18.8 Å². The molecule has 0 N–H and O–H groups in total. The van der Waals surface area contributed by atoms with Crippen LogP contribution in [0.4, 0.5) is 0 Å². The Morgan fingerprint density at radius 2 is 1.93 bits per heavy atom. The predicted octanol–water partition coefficient (Wildman–Crippen LogP) is 3.81. The van der Waals surface area contributed by atoms with E-state index in [1.165, 1.54) is 63.7 Å². The molecular weight excluding hydrogens is 182 g/mol. The van der Waals surface area contributed by atoms with Crippen molar-refractivity contribution in [1.82, 2.24) is 4.90 Å². The zero-order valence-corrected chi connectivity index (χ0v) is 10.2. The molecule has 0 aromatic heterocycles. The molecule has 15 heavy (non-hydrogen) atoms. The molecule has 1 heteroatoms. The summed E-state index contributed by atoms with van der Waals surface area (Å²) in [5.74, 6) is 2.03. The second-order valence-corrected chi connectivity index (χ2v) is 5.36. The van der Waals surface area contributed by atoms with Crippen LogP contribution in [0.5, 0.6) is 0 Å². The number of likely N-dealkylation sites (tertiary alicyclic amines) is 1. The molecule has 2 unspecified atom stereocenters. The number of fused-ring (bicyclic) bond motifs is 1. The number of hydrogen-bond donors (Lipinski definition) is 0. The van der Waals surface area contributed by atoms with Gasteiger partial charge in [-0.25, -0.2) is 0 Å². The zero-order chi connectivity index (χ0) is 10.7. The lowest BCUT2D eigenvalue weighted by molar-refractivity contribution is 0.107. The average Bonchev–Trinajstić information content (AvgIpc) is 2.29. The van der Waals surface area contributed by atoms with Crippen molar-refractivity contribution in [3.63, 3.8) is 0 Å². The summed E-state index contributed by atoms with van der Waals surface area (Å²) in [5.41, 5.74) is 1.39. The van der Waals surface area contributed by atoms with E-state index >= 15 is 0 Å². The number of piperidine rings is 1. The standard InChI is InChI=1S/C14H25N/c1-3-6-12(2)15-10-9-13-7-4-5-8-14(13)11-15/h13-14H,2-11H2,1H3. The van der Waals surface area contributed by atoms with E-state index in [4.69, 9.17) is 0 Å². The number of rotatable bonds is 3. The van der Waals surface area contributed by atoms with Crippen molar-refractivity contribution in [3.05, 3.63) is 12.3 Å². The molecule has 1 saturated heterocycles. The lowest BCUT2D eigenvalue weighted by Crippen LogP contribution is -2.40. The number of hydrogen-bond acceptors (Lipinski definition) is 1. The Morgan fingerprint density at radius 3 is 2.67 bits per heavy atom. The van der Waals surface area contributed by atoms with Crippen LogP contribution in [0, 0.1) is 11.8 Å². The van der Waals surface area contributed by atoms with Crippen molar-refractivity contribution >= 4 is 0 Å². The van der Waals surface area contributed by atoms with Gasteiger partial charge in [0.1, 0.15) is 0 Å². The minimum atomic E-state index is 0.987. The summed E-state index contributed by atoms with van der Waals surface area (Å²) in [6.45, 7) is 9.07. The lowest BCUT2D eigenvalue weighted by atomic mass is 9.75. The smallest absolute Gasteiger partial charge is 0.0205 e. The molecular formula is C14H25N. The van der Waals surface area contributed by atoms with Gasteiger partial charge in [-0.05, 0) is 31.1 Å². The van der Waals surface area contributed by atoms with E-state index in [2.05, 4.69) is 18.4 Å². The Labute approximate surface area is 94.5 Å². The topological polar surface area (TPSA) is 3.24 Å². The van der Waals surface area contributed by atoms with Crippen LogP contribution in [0.3, 0.4) is 0 Å². The molecule has 1 aliphatic heterocycles. The van der Waals surface area contributed by atoms with Crippen LogP contribution in [-0.2, 0) is 0 Å². The fraction of sp³-hybridized carbons (Fsp3) is 0.857. The third kappa shape index (κ3) is 2.56. The molecule has 1 saturated carbocycles. The van der Waals surface area contributed by atoms with Crippen LogP contribution in [0.1, 0.15) is 51.9 Å². The molecule has 2 fully saturated rings. The number of nitrogens with zero attached hydrogens (tertiary/aromatic N) is 1. The van der Waals surface area contributed by atoms with Crippen molar-refractivity contribution in [2.45, 2.75) is 51.9 Å². The fourth-order valence-electron chi connectivity index (χ4n) is 3.33. The maximum atomic E-state index is 4.23. The van der Waals surface area contributed by atoms with Crippen LogP contribution < -0.4 is 0 Å². The minimum Gasteiger partial charge on any atom is -0.375 e. The first-order valence-electron chi connectivity index (χ1n) is 6.74. The van der Waals surface area contributed by atoms with Gasteiger partial charge in [0.2, 0.25) is 0 Å². The molecule has 2 atom stereocenters. The Bertz CT molecular complexity index is 221. The minimum absolute atomic E-state index is 0.987. The van der Waals surface area contributed by atoms with E-state index in [1.54, 1.807) is 0 Å². The molecule has 0 radical (unpaired) electrons. The first kappa shape index (κ1) is 11.0. The molecule has 1 aliphatic carbocycles. The molecule has 2 aliphatic rings. The highest BCUT2D eigenvalue weighted by Gasteiger charge is 2.31. The first-order valence-corrected chi connectivity index (χ1v) is 6.74. The van der Waals surface area contributed by atoms with Gasteiger partial charge in [0.25, 0.3) is 0 Å². The average molecular weight is 207 g/mol. The van der Waals surface area contributed by atoms with Crippen LogP contribution in [-0.4, -0.2) is 18.0 Å². The van der Waals surface area contributed by atoms with Gasteiger partial charge in [-0.2, -0.15) is 0 Å². The van der Waals surface area contributed by atoms with Gasteiger partial charge >= 0.3 is 0 Å². The summed E-state index contributed by atoms with van der Waals surface area (Å²) in [7, 11) is 0. The van der Waals surface area contributed by atoms with Crippen molar-refractivity contribution in [1.29, 1.82) is 0 Å². The lowest BCUT2D eigenvalue weighted by Gasteiger charge is -2.43. The van der Waals surface area contributed by atoms with Gasteiger partial charge in [0.15, 0.2) is 0 Å². The quantitative estimate of drug-likeness (QED) is 0.680. The van der Waals surface area contributed by atoms with Crippen LogP contribution in [0.15, 0.2) is 12.3 Å². The fourth-order valence-corrected chi connectivity index (χ4v) is 3.33. The summed E-state index contributed by atoms with van der Waals surface area (Å²) in [5, 5.41) is 0. The Balaban J connectivity index is 1.87. The van der Waals surface area contributed by atoms with E-state index in [0.717, 1.165) is 11.8 Å². The van der Waals surface area contributed by atoms with Crippen LogP contribution in [0.25, 0.3) is 0 Å². The third-order valence-electron chi connectivity index (χ3n) is 4.28. The van der Waals surface area contributed by atoms with E-state index in [1.807, 2.05) is 0 Å². The SMILES string of the molecule is C=C(CCC)N1CCC2CCCCC2C1. The first-order chi connectivity index (χ1) is 7.31. The second-order valence-electron chi connectivity index (χ2n) is 5.36. The maximum Gasteiger partial charge on any atom is 0.0205 e. The van der Waals surface area contributed by atoms with Crippen LogP contribution in [0.2, 0.25) is 0 Å². The van der Waals surface area contributed by atoms with Crippen molar-refractivity contribution in [3.8, 4) is 0 Å². The second kappa shape index (κ2) is 5.05. The molecule has 0 bridgehead atoms. The van der Waals surface area contributed by atoms with Crippen molar-refractivity contribution in [2.24, 2.45) is 11.8 Å². The Kier molecular flexibility index (Phi) is 3.71. The normalized spacial score (nSPS) is 31.1. The summed E-state index contributed by atoms with van der Waals surface area (Å²) >= 11 is 0. The largest absolute Gasteiger partial charge is 0.375 e. The zero-order valence-electron chi connectivity index (χ0n) is 10.2. The highest BCUT2D eigenvalue weighted by atomic mass is 15.1. The summed E-state index contributed by atoms with van der Waals surface area (Å²) < 4.78 is 0. The monoisotopic (exact) mass is 207 g/mol. The predicted molar refractivity (Wildman–Crippen MR) is 65.7 cm³/mol. The molecule has 0 amide bonds. The highest BCUT2D eigenvalue weighted by molar-refractivity contribution is 4.97. The Hall–Kier alpha value is -0.460. The molecule has 2 rings (SSSR count). The maximum absolute atomic E-state index is 4.23. The van der Waals surface area contributed by atoms with E-state index in [-0.39, 0.29) is 0 Å². The number of allylic oxidation sites excluding steroid dienone is 1. The van der Waals surface area contributed by atoms with Gasteiger partial charge in [-0.1, -0.05) is 39.2 Å². The molecule has 1 nitrogen and oxygen atoms in total. The van der Waals surface area contributed by atoms with Gasteiger partial charge in [-0.3, -0.25) is 0 Å². The summed E-state index contributed by atoms with van der Waals surface area (Å²) in [6, 6.07) is 0. The van der Waals surface area contributed by atoms with Gasteiger partial charge in [0.05, 0.1) is 0 Å².